The van der Waals surface area contributed by atoms with E-state index in [4.69, 9.17) is 4.74 Å². The lowest BCUT2D eigenvalue weighted by Gasteiger charge is -2.07. The van der Waals surface area contributed by atoms with E-state index in [1.54, 1.807) is 0 Å². The number of hydrogen-bond acceptors (Lipinski definition) is 2. The first-order valence-electron chi connectivity index (χ1n) is 6.95. The molecule has 0 spiro atoms. The monoisotopic (exact) mass is 255 g/mol. The van der Waals surface area contributed by atoms with Crippen molar-refractivity contribution in [2.45, 2.75) is 33.1 Å². The van der Waals surface area contributed by atoms with Crippen LogP contribution in [-0.4, -0.2) is 11.6 Å². The zero-order valence-electron chi connectivity index (χ0n) is 11.7. The maximum absolute atomic E-state index is 5.70. The largest absolute Gasteiger partial charge is 0.494 e. The average Bonchev–Trinajstić information content (AvgIpc) is 2.45. The molecule has 0 aliphatic heterocycles. The lowest BCUT2D eigenvalue weighted by atomic mass is 10.1. The third kappa shape index (κ3) is 4.09. The van der Waals surface area contributed by atoms with Crippen molar-refractivity contribution in [3.05, 3.63) is 48.3 Å². The molecule has 0 atom stereocenters. The van der Waals surface area contributed by atoms with Gasteiger partial charge in [0.1, 0.15) is 5.75 Å². The highest BCUT2D eigenvalue weighted by Crippen LogP contribution is 2.22. The Labute approximate surface area is 115 Å². The van der Waals surface area contributed by atoms with Crippen LogP contribution in [0.4, 0.5) is 0 Å². The van der Waals surface area contributed by atoms with Crippen molar-refractivity contribution in [3.63, 3.8) is 0 Å². The fraction of sp³-hybridized carbons (Fsp3) is 0.353. The van der Waals surface area contributed by atoms with Crippen LogP contribution in [0.3, 0.4) is 0 Å². The second-order valence-electron chi connectivity index (χ2n) is 4.77. The number of aromatic nitrogens is 1. The fourth-order valence-corrected chi connectivity index (χ4v) is 1.92. The van der Waals surface area contributed by atoms with Gasteiger partial charge in [0.25, 0.3) is 0 Å². The Balaban J connectivity index is 1.96. The minimum Gasteiger partial charge on any atom is -0.494 e. The summed E-state index contributed by atoms with van der Waals surface area (Å²) in [5.41, 5.74) is 3.36. The normalized spacial score (nSPS) is 10.4. The molecular formula is C17H21NO. The number of benzene rings is 1. The molecular weight excluding hydrogens is 234 g/mol. The van der Waals surface area contributed by atoms with Gasteiger partial charge in [0.05, 0.1) is 6.61 Å². The maximum atomic E-state index is 5.70. The van der Waals surface area contributed by atoms with E-state index >= 15 is 0 Å². The van der Waals surface area contributed by atoms with E-state index in [-0.39, 0.29) is 0 Å². The summed E-state index contributed by atoms with van der Waals surface area (Å²) < 4.78 is 5.70. The van der Waals surface area contributed by atoms with E-state index < -0.39 is 0 Å². The second-order valence-corrected chi connectivity index (χ2v) is 4.77. The first-order valence-corrected chi connectivity index (χ1v) is 6.95. The van der Waals surface area contributed by atoms with Gasteiger partial charge in [-0.1, -0.05) is 38.0 Å². The molecule has 0 N–H and O–H groups in total. The number of nitrogens with zero attached hydrogens (tertiary/aromatic N) is 1. The Kier molecular flexibility index (Phi) is 4.96. The predicted molar refractivity (Wildman–Crippen MR) is 79.4 cm³/mol. The highest BCUT2D eigenvalue weighted by molar-refractivity contribution is 5.63. The molecule has 1 heterocycles. The van der Waals surface area contributed by atoms with Gasteiger partial charge in [-0.05, 0) is 37.1 Å². The molecule has 0 unspecified atom stereocenters. The lowest BCUT2D eigenvalue weighted by Crippen LogP contribution is -1.96. The van der Waals surface area contributed by atoms with Gasteiger partial charge >= 0.3 is 0 Å². The molecule has 0 fully saturated rings. The van der Waals surface area contributed by atoms with Crippen LogP contribution in [0, 0.1) is 6.92 Å². The Bertz CT molecular complexity index is 488. The summed E-state index contributed by atoms with van der Waals surface area (Å²) in [4.78, 5) is 4.32. The zero-order chi connectivity index (χ0) is 13.5. The highest BCUT2D eigenvalue weighted by Gasteiger charge is 1.99. The summed E-state index contributed by atoms with van der Waals surface area (Å²) in [7, 11) is 0. The van der Waals surface area contributed by atoms with E-state index in [1.807, 2.05) is 31.3 Å². The standard InChI is InChI=1S/C17H21NO/c1-3-4-5-12-19-17-10-8-15(9-11-17)16-7-6-14(2)18-13-16/h6-11,13H,3-5,12H2,1-2H3. The van der Waals surface area contributed by atoms with E-state index in [0.717, 1.165) is 30.0 Å². The summed E-state index contributed by atoms with van der Waals surface area (Å²) >= 11 is 0. The summed E-state index contributed by atoms with van der Waals surface area (Å²) in [6, 6.07) is 12.4. The third-order valence-corrected chi connectivity index (χ3v) is 3.12. The first-order chi connectivity index (χ1) is 9.29. The van der Waals surface area contributed by atoms with Gasteiger partial charge in [0, 0.05) is 17.5 Å². The van der Waals surface area contributed by atoms with Crippen LogP contribution in [-0.2, 0) is 0 Å². The smallest absolute Gasteiger partial charge is 0.119 e. The summed E-state index contributed by atoms with van der Waals surface area (Å²) in [6.07, 6.45) is 5.49. The van der Waals surface area contributed by atoms with E-state index in [1.165, 1.54) is 18.4 Å². The van der Waals surface area contributed by atoms with Crippen LogP contribution < -0.4 is 4.74 Å². The molecule has 2 nitrogen and oxygen atoms in total. The Morgan fingerprint density at radius 1 is 0.947 bits per heavy atom. The molecule has 0 saturated heterocycles. The minimum absolute atomic E-state index is 0.805. The topological polar surface area (TPSA) is 22.1 Å². The van der Waals surface area contributed by atoms with Gasteiger partial charge in [-0.25, -0.2) is 0 Å². The van der Waals surface area contributed by atoms with Gasteiger partial charge in [0.2, 0.25) is 0 Å². The highest BCUT2D eigenvalue weighted by atomic mass is 16.5. The Morgan fingerprint density at radius 2 is 1.68 bits per heavy atom. The number of hydrogen-bond donors (Lipinski definition) is 0. The van der Waals surface area contributed by atoms with Gasteiger partial charge in [-0.3, -0.25) is 4.98 Å². The van der Waals surface area contributed by atoms with Crippen molar-refractivity contribution in [2.75, 3.05) is 6.61 Å². The maximum Gasteiger partial charge on any atom is 0.119 e. The zero-order valence-corrected chi connectivity index (χ0v) is 11.7. The number of pyridine rings is 1. The number of unbranched alkanes of at least 4 members (excludes halogenated alkanes) is 2. The summed E-state index contributed by atoms with van der Waals surface area (Å²) in [5.74, 6) is 0.944. The van der Waals surface area contributed by atoms with Crippen LogP contribution in [0.25, 0.3) is 11.1 Å². The van der Waals surface area contributed by atoms with Gasteiger partial charge in [-0.15, -0.1) is 0 Å². The van der Waals surface area contributed by atoms with E-state index in [0.29, 0.717) is 0 Å². The molecule has 1 aromatic carbocycles. The van der Waals surface area contributed by atoms with Crippen LogP contribution in [0.1, 0.15) is 31.9 Å². The minimum atomic E-state index is 0.805. The van der Waals surface area contributed by atoms with E-state index in [2.05, 4.69) is 30.1 Å². The second kappa shape index (κ2) is 6.93. The van der Waals surface area contributed by atoms with Crippen molar-refractivity contribution in [2.24, 2.45) is 0 Å². The van der Waals surface area contributed by atoms with Gasteiger partial charge < -0.3 is 4.74 Å². The van der Waals surface area contributed by atoms with E-state index in [9.17, 15) is 0 Å². The van der Waals surface area contributed by atoms with Crippen molar-refractivity contribution in [1.82, 2.24) is 4.98 Å². The van der Waals surface area contributed by atoms with Crippen molar-refractivity contribution >= 4 is 0 Å². The number of ether oxygens (including phenoxy) is 1. The average molecular weight is 255 g/mol. The van der Waals surface area contributed by atoms with Gasteiger partial charge in [0.15, 0.2) is 0 Å². The number of aryl methyl sites for hydroxylation is 1. The SMILES string of the molecule is CCCCCOc1ccc(-c2ccc(C)nc2)cc1. The lowest BCUT2D eigenvalue weighted by molar-refractivity contribution is 0.306. The molecule has 0 aliphatic rings. The molecule has 100 valence electrons. The van der Waals surface area contributed by atoms with Crippen LogP contribution in [0.2, 0.25) is 0 Å². The molecule has 2 rings (SSSR count). The molecule has 2 aromatic rings. The molecule has 0 saturated carbocycles. The fourth-order valence-electron chi connectivity index (χ4n) is 1.92. The van der Waals surface area contributed by atoms with Crippen molar-refractivity contribution in [1.29, 1.82) is 0 Å². The molecule has 19 heavy (non-hydrogen) atoms. The summed E-state index contributed by atoms with van der Waals surface area (Å²) in [6.45, 7) is 5.00. The molecule has 0 aliphatic carbocycles. The van der Waals surface area contributed by atoms with Crippen LogP contribution >= 0.6 is 0 Å². The quantitative estimate of drug-likeness (QED) is 0.702. The number of rotatable bonds is 6. The van der Waals surface area contributed by atoms with Crippen LogP contribution in [0.15, 0.2) is 42.6 Å². The molecule has 0 radical (unpaired) electrons. The predicted octanol–water partition coefficient (Wildman–Crippen LogP) is 4.63. The molecule has 1 aromatic heterocycles. The van der Waals surface area contributed by atoms with Gasteiger partial charge in [-0.2, -0.15) is 0 Å². The Hall–Kier alpha value is -1.83. The van der Waals surface area contributed by atoms with Crippen LogP contribution in [0.5, 0.6) is 5.75 Å². The molecule has 0 amide bonds. The molecule has 0 bridgehead atoms. The summed E-state index contributed by atoms with van der Waals surface area (Å²) in [5, 5.41) is 0. The Morgan fingerprint density at radius 3 is 2.32 bits per heavy atom. The first kappa shape index (κ1) is 13.6. The third-order valence-electron chi connectivity index (χ3n) is 3.12. The molecule has 2 heteroatoms. The van der Waals surface area contributed by atoms with Crippen molar-refractivity contribution < 1.29 is 4.74 Å². The van der Waals surface area contributed by atoms with Crippen molar-refractivity contribution in [3.8, 4) is 16.9 Å².